The molecule has 1 heterocycles. The molecule has 1 aliphatic rings. The number of hydrogen-bond acceptors (Lipinski definition) is 2. The smallest absolute Gasteiger partial charge is 0.405 e. The van der Waals surface area contributed by atoms with Gasteiger partial charge in [0, 0.05) is 19.5 Å². The molecule has 118 valence electrons. The largest absolute Gasteiger partial charge is 0.465 e. The van der Waals surface area contributed by atoms with Crippen LogP contribution in [0.4, 0.5) is 4.79 Å². The summed E-state index contributed by atoms with van der Waals surface area (Å²) in [6.45, 7) is 1.06. The van der Waals surface area contributed by atoms with Crippen molar-refractivity contribution < 1.29 is 14.7 Å². The lowest BCUT2D eigenvalue weighted by atomic mass is 10.0. The first-order valence-electron chi connectivity index (χ1n) is 7.52. The molecular weight excluding hydrogens is 292 g/mol. The molecule has 0 radical (unpaired) electrons. The van der Waals surface area contributed by atoms with Gasteiger partial charge >= 0.3 is 6.09 Å². The Labute approximate surface area is 134 Å². The molecule has 23 heavy (non-hydrogen) atoms. The summed E-state index contributed by atoms with van der Waals surface area (Å²) in [5, 5.41) is 11.4. The number of carbonyl (C=O) groups excluding carboxylic acids is 1. The van der Waals surface area contributed by atoms with Crippen LogP contribution < -0.4 is 5.32 Å². The van der Waals surface area contributed by atoms with Crippen LogP contribution in [0.3, 0.4) is 0 Å². The maximum atomic E-state index is 12.8. The summed E-state index contributed by atoms with van der Waals surface area (Å²) in [5.74, 6) is -0.188. The average Bonchev–Trinajstić information content (AvgIpc) is 2.98. The second-order valence-corrected chi connectivity index (χ2v) is 5.65. The topological polar surface area (TPSA) is 69.6 Å². The fraction of sp³-hybridized carbons (Fsp3) is 0.222. The summed E-state index contributed by atoms with van der Waals surface area (Å²) in [4.78, 5) is 25.5. The van der Waals surface area contributed by atoms with Gasteiger partial charge in [-0.15, -0.1) is 0 Å². The van der Waals surface area contributed by atoms with E-state index < -0.39 is 12.1 Å². The summed E-state index contributed by atoms with van der Waals surface area (Å²) in [5.41, 5.74) is 3.17. The molecule has 0 fully saturated rings. The van der Waals surface area contributed by atoms with Gasteiger partial charge in [-0.05, 0) is 16.7 Å². The number of carboxylic acid groups (broad SMARTS) is 1. The van der Waals surface area contributed by atoms with Crippen molar-refractivity contribution >= 4 is 12.0 Å². The van der Waals surface area contributed by atoms with Gasteiger partial charge in [-0.3, -0.25) is 4.79 Å². The number of rotatable bonds is 4. The molecule has 0 bridgehead atoms. The Kier molecular flexibility index (Phi) is 4.28. The average molecular weight is 310 g/mol. The molecule has 2 aromatic carbocycles. The minimum atomic E-state index is -1.18. The van der Waals surface area contributed by atoms with Crippen molar-refractivity contribution in [2.24, 2.45) is 0 Å². The minimum absolute atomic E-state index is 0.188. The van der Waals surface area contributed by atoms with Crippen molar-refractivity contribution in [3.63, 3.8) is 0 Å². The van der Waals surface area contributed by atoms with Crippen molar-refractivity contribution in [2.75, 3.05) is 0 Å². The van der Waals surface area contributed by atoms with Crippen molar-refractivity contribution in [2.45, 2.75) is 25.6 Å². The van der Waals surface area contributed by atoms with Gasteiger partial charge in [0.25, 0.3) is 0 Å². The first kappa shape index (κ1) is 15.1. The van der Waals surface area contributed by atoms with Gasteiger partial charge in [-0.2, -0.15) is 0 Å². The lowest BCUT2D eigenvalue weighted by Gasteiger charge is -2.23. The first-order valence-corrected chi connectivity index (χ1v) is 7.52. The lowest BCUT2D eigenvalue weighted by Crippen LogP contribution is -2.47. The Morgan fingerprint density at radius 3 is 2.13 bits per heavy atom. The highest BCUT2D eigenvalue weighted by Gasteiger charge is 2.30. The highest BCUT2D eigenvalue weighted by Crippen LogP contribution is 2.23. The number of hydrogen-bond donors (Lipinski definition) is 2. The van der Waals surface area contributed by atoms with Gasteiger partial charge in [0.1, 0.15) is 6.04 Å². The Hall–Kier alpha value is -2.82. The van der Waals surface area contributed by atoms with Gasteiger partial charge in [0.05, 0.1) is 0 Å². The Morgan fingerprint density at radius 2 is 1.57 bits per heavy atom. The van der Waals surface area contributed by atoms with E-state index in [0.717, 1.165) is 16.7 Å². The van der Waals surface area contributed by atoms with Crippen LogP contribution >= 0.6 is 0 Å². The third-order valence-electron chi connectivity index (χ3n) is 4.03. The van der Waals surface area contributed by atoms with Gasteiger partial charge in [-0.25, -0.2) is 4.79 Å². The molecule has 1 unspecified atom stereocenters. The summed E-state index contributed by atoms with van der Waals surface area (Å²) < 4.78 is 0. The molecule has 3 rings (SSSR count). The molecule has 2 amide bonds. The van der Waals surface area contributed by atoms with Gasteiger partial charge < -0.3 is 15.3 Å². The van der Waals surface area contributed by atoms with Crippen LogP contribution in [-0.2, 0) is 24.3 Å². The highest BCUT2D eigenvalue weighted by molar-refractivity contribution is 5.86. The Bertz CT molecular complexity index is 690. The fourth-order valence-electron chi connectivity index (χ4n) is 2.91. The predicted octanol–water partition coefficient (Wildman–Crippen LogP) is 2.41. The number of nitrogens with zero attached hydrogens (tertiary/aromatic N) is 1. The molecule has 2 N–H and O–H groups in total. The van der Waals surface area contributed by atoms with Crippen molar-refractivity contribution in [1.82, 2.24) is 10.2 Å². The van der Waals surface area contributed by atoms with Gasteiger partial charge in [0.2, 0.25) is 5.91 Å². The summed E-state index contributed by atoms with van der Waals surface area (Å²) in [6, 6.07) is 16.6. The molecule has 1 aliphatic heterocycles. The maximum absolute atomic E-state index is 12.8. The summed E-state index contributed by atoms with van der Waals surface area (Å²) in [6.07, 6.45) is -0.838. The van der Waals surface area contributed by atoms with E-state index in [-0.39, 0.29) is 5.91 Å². The molecule has 0 saturated carbocycles. The molecule has 5 heteroatoms. The number of fused-ring (bicyclic) bond motifs is 1. The van der Waals surface area contributed by atoms with E-state index in [1.54, 1.807) is 4.90 Å². The van der Waals surface area contributed by atoms with Crippen LogP contribution in [0.15, 0.2) is 54.6 Å². The number of carbonyl (C=O) groups is 2. The van der Waals surface area contributed by atoms with E-state index >= 15 is 0 Å². The molecule has 5 nitrogen and oxygen atoms in total. The molecule has 2 aromatic rings. The first-order chi connectivity index (χ1) is 11.1. The van der Waals surface area contributed by atoms with E-state index in [2.05, 4.69) is 5.32 Å². The number of benzene rings is 2. The van der Waals surface area contributed by atoms with Gasteiger partial charge in [0.15, 0.2) is 0 Å². The van der Waals surface area contributed by atoms with E-state index in [4.69, 9.17) is 5.11 Å². The standard InChI is InChI=1S/C18H18N2O3/c21-17(20-11-14-8-4-5-9-15(14)12-20)16(19-18(22)23)10-13-6-2-1-3-7-13/h1-9,16,19H,10-12H2,(H,22,23). The van der Waals surface area contributed by atoms with E-state index in [1.165, 1.54) is 0 Å². The van der Waals surface area contributed by atoms with E-state index in [9.17, 15) is 9.59 Å². The zero-order valence-electron chi connectivity index (χ0n) is 12.6. The Morgan fingerprint density at radius 1 is 1.00 bits per heavy atom. The lowest BCUT2D eigenvalue weighted by molar-refractivity contribution is -0.133. The van der Waals surface area contributed by atoms with Crippen LogP contribution in [0.2, 0.25) is 0 Å². The Balaban J connectivity index is 1.75. The van der Waals surface area contributed by atoms with Crippen LogP contribution in [-0.4, -0.2) is 28.0 Å². The quantitative estimate of drug-likeness (QED) is 0.911. The van der Waals surface area contributed by atoms with Crippen molar-refractivity contribution in [3.05, 3.63) is 71.3 Å². The monoisotopic (exact) mass is 310 g/mol. The highest BCUT2D eigenvalue weighted by atomic mass is 16.4. The third kappa shape index (κ3) is 3.51. The molecular formula is C18H18N2O3. The summed E-state index contributed by atoms with van der Waals surface area (Å²) >= 11 is 0. The molecule has 0 aromatic heterocycles. The number of amides is 2. The minimum Gasteiger partial charge on any atom is -0.465 e. The van der Waals surface area contributed by atoms with E-state index in [1.807, 2.05) is 54.6 Å². The summed E-state index contributed by atoms with van der Waals surface area (Å²) in [7, 11) is 0. The van der Waals surface area contributed by atoms with Gasteiger partial charge in [-0.1, -0.05) is 54.6 Å². The van der Waals surface area contributed by atoms with Crippen molar-refractivity contribution in [1.29, 1.82) is 0 Å². The normalized spacial score (nSPS) is 14.2. The van der Waals surface area contributed by atoms with Crippen LogP contribution in [0.5, 0.6) is 0 Å². The zero-order valence-corrected chi connectivity index (χ0v) is 12.6. The molecule has 1 atom stereocenters. The maximum Gasteiger partial charge on any atom is 0.405 e. The van der Waals surface area contributed by atoms with Crippen LogP contribution in [0.1, 0.15) is 16.7 Å². The SMILES string of the molecule is O=C(O)NC(Cc1ccccc1)C(=O)N1Cc2ccccc2C1. The van der Waals surface area contributed by atoms with Crippen LogP contribution in [0, 0.1) is 0 Å². The third-order valence-corrected chi connectivity index (χ3v) is 4.03. The van der Waals surface area contributed by atoms with Crippen LogP contribution in [0.25, 0.3) is 0 Å². The second kappa shape index (κ2) is 6.52. The second-order valence-electron chi connectivity index (χ2n) is 5.65. The fourth-order valence-corrected chi connectivity index (χ4v) is 2.91. The predicted molar refractivity (Wildman–Crippen MR) is 85.8 cm³/mol. The molecule has 0 saturated heterocycles. The molecule has 0 spiro atoms. The number of nitrogens with one attached hydrogen (secondary N) is 1. The van der Waals surface area contributed by atoms with E-state index in [0.29, 0.717) is 19.5 Å². The van der Waals surface area contributed by atoms with Crippen molar-refractivity contribution in [3.8, 4) is 0 Å². The zero-order chi connectivity index (χ0) is 16.2. The molecule has 0 aliphatic carbocycles.